The number of carbonyl (C=O) groups excluding carboxylic acids is 2. The zero-order valence-electron chi connectivity index (χ0n) is 20.0. The molecule has 0 saturated carbocycles. The Hall–Kier alpha value is -3.86. The van der Waals surface area contributed by atoms with Crippen molar-refractivity contribution >= 4 is 11.6 Å². The first kappa shape index (κ1) is 25.8. The highest BCUT2D eigenvalue weighted by atomic mass is 16.5. The summed E-state index contributed by atoms with van der Waals surface area (Å²) in [6.45, 7) is 4.36. The van der Waals surface area contributed by atoms with Crippen LogP contribution in [0.5, 0.6) is 0 Å². The molecule has 4 nitrogen and oxygen atoms in total. The minimum absolute atomic E-state index is 0.0196. The molecular formula is C31H30O4. The van der Waals surface area contributed by atoms with E-state index in [1.54, 1.807) is 48.5 Å². The van der Waals surface area contributed by atoms with E-state index in [1.165, 1.54) is 0 Å². The van der Waals surface area contributed by atoms with Crippen molar-refractivity contribution in [2.24, 2.45) is 0 Å². The number of rotatable bonds is 8. The molecule has 35 heavy (non-hydrogen) atoms. The molecule has 0 aliphatic rings. The highest BCUT2D eigenvalue weighted by molar-refractivity contribution is 6.01. The zero-order chi connectivity index (χ0) is 25.0. The van der Waals surface area contributed by atoms with Gasteiger partial charge in [0.05, 0.1) is 0 Å². The number of Topliss-reactive ketones (excluding diaryl/α,β-unsaturated/α-hetero) is 2. The molecule has 0 bridgehead atoms. The lowest BCUT2D eigenvalue weighted by molar-refractivity contribution is 0.0452. The van der Waals surface area contributed by atoms with Gasteiger partial charge in [0.25, 0.3) is 0 Å². The predicted molar refractivity (Wildman–Crippen MR) is 138 cm³/mol. The molecule has 178 valence electrons. The van der Waals surface area contributed by atoms with E-state index in [1.807, 2.05) is 80.6 Å². The van der Waals surface area contributed by atoms with Crippen LogP contribution in [-0.2, 0) is 4.74 Å². The molecule has 0 spiro atoms. The fourth-order valence-corrected chi connectivity index (χ4v) is 3.66. The maximum atomic E-state index is 12.6. The quantitative estimate of drug-likeness (QED) is 0.299. The van der Waals surface area contributed by atoms with Crippen LogP contribution in [-0.4, -0.2) is 23.3 Å². The maximum absolute atomic E-state index is 12.6. The molecule has 0 aromatic heterocycles. The Morgan fingerprint density at radius 2 is 1.17 bits per heavy atom. The molecule has 4 aromatic rings. The summed E-state index contributed by atoms with van der Waals surface area (Å²) in [7, 11) is 0. The number of benzene rings is 4. The van der Waals surface area contributed by atoms with Gasteiger partial charge in [-0.25, -0.2) is 0 Å². The second-order valence-electron chi connectivity index (χ2n) is 7.97. The number of aliphatic hydroxyl groups excluding tert-OH is 1. The highest BCUT2D eigenvalue weighted by Gasteiger charge is 2.23. The third-order valence-electron chi connectivity index (χ3n) is 5.51. The van der Waals surface area contributed by atoms with Crippen LogP contribution < -0.4 is 0 Å². The van der Waals surface area contributed by atoms with Gasteiger partial charge < -0.3 is 9.84 Å². The van der Waals surface area contributed by atoms with Crippen LogP contribution in [0.2, 0.25) is 0 Å². The van der Waals surface area contributed by atoms with Gasteiger partial charge in [0.1, 0.15) is 12.2 Å². The van der Waals surface area contributed by atoms with Gasteiger partial charge >= 0.3 is 0 Å². The first-order valence-corrected chi connectivity index (χ1v) is 11.6. The summed E-state index contributed by atoms with van der Waals surface area (Å²) >= 11 is 0. The number of ketones is 2. The number of aryl methyl sites for hydroxylation is 1. The van der Waals surface area contributed by atoms with E-state index >= 15 is 0 Å². The molecule has 4 aromatic carbocycles. The molecule has 2 unspecified atom stereocenters. The lowest BCUT2D eigenvalue weighted by Crippen LogP contribution is -2.17. The van der Waals surface area contributed by atoms with Gasteiger partial charge in [-0.2, -0.15) is 0 Å². The predicted octanol–water partition coefficient (Wildman–Crippen LogP) is 6.56. The van der Waals surface area contributed by atoms with Gasteiger partial charge in [-0.1, -0.05) is 115 Å². The van der Waals surface area contributed by atoms with Crippen LogP contribution in [0.3, 0.4) is 0 Å². The zero-order valence-corrected chi connectivity index (χ0v) is 20.0. The number of ether oxygens (including phenoxy) is 1. The normalized spacial score (nSPS) is 12.1. The average molecular weight is 467 g/mol. The molecule has 1 N–H and O–H groups in total. The van der Waals surface area contributed by atoms with E-state index in [-0.39, 0.29) is 11.6 Å². The number of carbonyl (C=O) groups is 2. The Morgan fingerprint density at radius 3 is 1.71 bits per heavy atom. The number of aliphatic hydroxyl groups is 1. The number of hydrogen-bond acceptors (Lipinski definition) is 4. The minimum Gasteiger partial charge on any atom is -0.380 e. The Kier molecular flexibility index (Phi) is 9.67. The van der Waals surface area contributed by atoms with Crippen molar-refractivity contribution in [3.05, 3.63) is 143 Å². The van der Waals surface area contributed by atoms with Gasteiger partial charge in [-0.15, -0.1) is 0 Å². The van der Waals surface area contributed by atoms with Crippen LogP contribution in [0.25, 0.3) is 0 Å². The third-order valence-corrected chi connectivity index (χ3v) is 5.51. The summed E-state index contributed by atoms with van der Waals surface area (Å²) in [5.41, 5.74) is 3.76. The highest BCUT2D eigenvalue weighted by Crippen LogP contribution is 2.24. The second-order valence-corrected chi connectivity index (χ2v) is 7.97. The Balaban J connectivity index is 0.000000198. The van der Waals surface area contributed by atoms with E-state index < -0.39 is 12.2 Å². The first-order chi connectivity index (χ1) is 17.0. The molecule has 4 heteroatoms. The summed E-state index contributed by atoms with van der Waals surface area (Å²) in [5, 5.41) is 9.89. The Morgan fingerprint density at radius 1 is 0.686 bits per heavy atom. The molecule has 0 amide bonds. The van der Waals surface area contributed by atoms with Crippen LogP contribution in [0.1, 0.15) is 56.5 Å². The summed E-state index contributed by atoms with van der Waals surface area (Å²) in [6.07, 6.45) is -1.60. The van der Waals surface area contributed by atoms with Gasteiger partial charge in [0.15, 0.2) is 11.6 Å². The van der Waals surface area contributed by atoms with Crippen molar-refractivity contribution in [1.29, 1.82) is 0 Å². The van der Waals surface area contributed by atoms with E-state index in [0.29, 0.717) is 17.7 Å². The fourth-order valence-electron chi connectivity index (χ4n) is 3.66. The molecule has 0 heterocycles. The van der Waals surface area contributed by atoms with E-state index in [9.17, 15) is 14.7 Å². The first-order valence-electron chi connectivity index (χ1n) is 11.6. The number of hydrogen-bond donors (Lipinski definition) is 1. The lowest BCUT2D eigenvalue weighted by atomic mass is 9.97. The smallest absolute Gasteiger partial charge is 0.196 e. The summed E-state index contributed by atoms with van der Waals surface area (Å²) in [6, 6.07) is 35.0. The van der Waals surface area contributed by atoms with Crippen molar-refractivity contribution < 1.29 is 19.4 Å². The van der Waals surface area contributed by atoms with Crippen molar-refractivity contribution in [3.63, 3.8) is 0 Å². The lowest BCUT2D eigenvalue weighted by Gasteiger charge is -2.17. The van der Waals surface area contributed by atoms with Crippen molar-refractivity contribution in [2.45, 2.75) is 26.1 Å². The Bertz CT molecular complexity index is 1200. The van der Waals surface area contributed by atoms with Gasteiger partial charge in [0, 0.05) is 17.7 Å². The fraction of sp³-hybridized carbons (Fsp3) is 0.161. The van der Waals surface area contributed by atoms with Gasteiger partial charge in [0.2, 0.25) is 0 Å². The Labute approximate surface area is 206 Å². The summed E-state index contributed by atoms with van der Waals surface area (Å²) in [4.78, 5) is 24.5. The molecule has 0 fully saturated rings. The van der Waals surface area contributed by atoms with Crippen molar-refractivity contribution in [3.8, 4) is 0 Å². The van der Waals surface area contributed by atoms with Crippen LogP contribution in [0.15, 0.2) is 115 Å². The molecule has 0 aliphatic carbocycles. The van der Waals surface area contributed by atoms with Crippen molar-refractivity contribution in [2.75, 3.05) is 6.61 Å². The molecular weight excluding hydrogens is 436 g/mol. The monoisotopic (exact) mass is 466 g/mol. The van der Waals surface area contributed by atoms with E-state index in [4.69, 9.17) is 4.74 Å². The van der Waals surface area contributed by atoms with Gasteiger partial charge in [-0.3, -0.25) is 9.59 Å². The summed E-state index contributed by atoms with van der Waals surface area (Å²) < 4.78 is 5.65. The third kappa shape index (κ3) is 7.06. The van der Waals surface area contributed by atoms with E-state index in [0.717, 1.165) is 16.7 Å². The molecule has 0 aliphatic heterocycles. The molecule has 2 atom stereocenters. The van der Waals surface area contributed by atoms with Crippen LogP contribution in [0, 0.1) is 6.92 Å². The topological polar surface area (TPSA) is 63.6 Å². The largest absolute Gasteiger partial charge is 0.380 e. The SMILES string of the molecule is CCOC(C(=O)c1ccccc1C)c1ccccc1.O=C(c1ccccc1)C(O)c1ccccc1. The summed E-state index contributed by atoms with van der Waals surface area (Å²) in [5.74, 6) is -0.252. The second kappa shape index (κ2) is 13.1. The van der Waals surface area contributed by atoms with Gasteiger partial charge in [-0.05, 0) is 30.5 Å². The molecule has 0 radical (unpaired) electrons. The van der Waals surface area contributed by atoms with Crippen LogP contribution in [0.4, 0.5) is 0 Å². The molecule has 0 saturated heterocycles. The average Bonchev–Trinajstić information content (AvgIpc) is 2.92. The van der Waals surface area contributed by atoms with Crippen LogP contribution >= 0.6 is 0 Å². The van der Waals surface area contributed by atoms with Crippen molar-refractivity contribution in [1.82, 2.24) is 0 Å². The standard InChI is InChI=1S/C17H18O2.C14H12O2/c1-3-19-17(14-10-5-4-6-11-14)16(18)15-12-8-7-9-13(15)2;15-13(11-7-3-1-4-8-11)14(16)12-9-5-2-6-10-12/h4-12,17H,3H2,1-2H3;1-10,13,15H. The molecule has 4 rings (SSSR count). The minimum atomic E-state index is -1.08. The maximum Gasteiger partial charge on any atom is 0.196 e. The van der Waals surface area contributed by atoms with E-state index in [2.05, 4.69) is 0 Å².